The zero-order chi connectivity index (χ0) is 16.2. The number of sulfonamides is 1. The van der Waals surface area contributed by atoms with Crippen LogP contribution in [0.15, 0.2) is 23.1 Å². The maximum Gasteiger partial charge on any atom is 0.243 e. The maximum absolute atomic E-state index is 12.7. The summed E-state index contributed by atoms with van der Waals surface area (Å²) < 4.78 is 26.7. The first kappa shape index (κ1) is 18.6. The molecule has 0 bridgehead atoms. The minimum Gasteiger partial charge on any atom is -0.393 e. The fourth-order valence-corrected chi connectivity index (χ4v) is 3.82. The average molecular weight is 369 g/mol. The number of nitrogens with zero attached hydrogens (tertiary/aromatic N) is 1. The molecule has 0 radical (unpaired) electrons. The van der Waals surface area contributed by atoms with E-state index in [-0.39, 0.29) is 27.4 Å². The Morgan fingerprint density at radius 3 is 2.43 bits per heavy atom. The molecule has 1 rings (SSSR count). The van der Waals surface area contributed by atoms with Gasteiger partial charge < -0.3 is 5.73 Å². The van der Waals surface area contributed by atoms with E-state index in [1.807, 2.05) is 13.8 Å². The average Bonchev–Trinajstić information content (AvgIpc) is 2.36. The summed E-state index contributed by atoms with van der Waals surface area (Å²) in [4.78, 5) is 0.397. The van der Waals surface area contributed by atoms with Gasteiger partial charge >= 0.3 is 0 Å². The number of benzene rings is 1. The fourth-order valence-electron chi connectivity index (χ4n) is 1.74. The van der Waals surface area contributed by atoms with E-state index in [2.05, 4.69) is 0 Å². The molecule has 1 aromatic carbocycles. The van der Waals surface area contributed by atoms with E-state index in [1.165, 1.54) is 22.5 Å². The largest absolute Gasteiger partial charge is 0.393 e. The second-order valence-corrected chi connectivity index (χ2v) is 8.33. The second kappa shape index (κ2) is 7.74. The highest BCUT2D eigenvalue weighted by molar-refractivity contribution is 7.89. The van der Waals surface area contributed by atoms with E-state index in [4.69, 9.17) is 41.2 Å². The number of halogens is 2. The normalized spacial score (nSPS) is 12.1. The highest BCUT2D eigenvalue weighted by atomic mass is 35.5. The molecular formula is C13H18Cl2N2O2S2. The van der Waals surface area contributed by atoms with Crippen LogP contribution >= 0.6 is 35.4 Å². The molecule has 0 aliphatic carbocycles. The molecule has 21 heavy (non-hydrogen) atoms. The van der Waals surface area contributed by atoms with Crippen molar-refractivity contribution in [3.8, 4) is 0 Å². The van der Waals surface area contributed by atoms with Crippen LogP contribution in [-0.2, 0) is 10.0 Å². The highest BCUT2D eigenvalue weighted by Gasteiger charge is 2.25. The van der Waals surface area contributed by atoms with E-state index < -0.39 is 10.0 Å². The molecule has 0 spiro atoms. The maximum atomic E-state index is 12.7. The summed E-state index contributed by atoms with van der Waals surface area (Å²) in [6.07, 6.45) is 0.336. The van der Waals surface area contributed by atoms with Crippen LogP contribution in [-0.4, -0.2) is 30.8 Å². The molecule has 0 aliphatic heterocycles. The topological polar surface area (TPSA) is 63.4 Å². The van der Waals surface area contributed by atoms with Gasteiger partial charge in [-0.3, -0.25) is 0 Å². The number of hydrogen-bond donors (Lipinski definition) is 1. The van der Waals surface area contributed by atoms with Crippen LogP contribution in [0.4, 0.5) is 0 Å². The lowest BCUT2D eigenvalue weighted by Crippen LogP contribution is -2.36. The predicted octanol–water partition coefficient (Wildman–Crippen LogP) is 3.32. The molecule has 0 saturated carbocycles. The van der Waals surface area contributed by atoms with E-state index in [9.17, 15) is 8.42 Å². The van der Waals surface area contributed by atoms with Crippen LogP contribution < -0.4 is 5.73 Å². The number of thiocarbonyl (C=S) groups is 1. The Kier molecular flexibility index (Phi) is 6.87. The lowest BCUT2D eigenvalue weighted by Gasteiger charge is -2.24. The van der Waals surface area contributed by atoms with E-state index >= 15 is 0 Å². The van der Waals surface area contributed by atoms with E-state index in [0.29, 0.717) is 18.0 Å². The first-order valence-corrected chi connectivity index (χ1v) is 8.98. The first-order valence-electron chi connectivity index (χ1n) is 6.38. The molecule has 0 aliphatic rings. The SMILES string of the molecule is CC(C)CN(CCC(N)=S)S(=O)(=O)c1ccc(Cl)c(Cl)c1. The van der Waals surface area contributed by atoms with Crippen molar-refractivity contribution in [1.82, 2.24) is 4.31 Å². The highest BCUT2D eigenvalue weighted by Crippen LogP contribution is 2.27. The van der Waals surface area contributed by atoms with Crippen LogP contribution in [0.1, 0.15) is 20.3 Å². The van der Waals surface area contributed by atoms with Gasteiger partial charge in [0, 0.05) is 19.5 Å². The Labute approximate surface area is 141 Å². The van der Waals surface area contributed by atoms with E-state index in [1.54, 1.807) is 0 Å². The quantitative estimate of drug-likeness (QED) is 0.749. The third-order valence-electron chi connectivity index (χ3n) is 2.71. The van der Waals surface area contributed by atoms with Gasteiger partial charge in [-0.05, 0) is 24.1 Å². The molecule has 0 amide bonds. The number of rotatable bonds is 7. The molecule has 0 atom stereocenters. The number of hydrogen-bond acceptors (Lipinski definition) is 3. The molecule has 1 aromatic rings. The Hall–Kier alpha value is -0.400. The Balaban J connectivity index is 3.12. The lowest BCUT2D eigenvalue weighted by atomic mass is 10.2. The van der Waals surface area contributed by atoms with Crippen LogP contribution in [0.3, 0.4) is 0 Å². The molecule has 2 N–H and O–H groups in total. The third-order valence-corrected chi connectivity index (χ3v) is 5.51. The Bertz CT molecular complexity index is 619. The summed E-state index contributed by atoms with van der Waals surface area (Å²) in [5, 5.41) is 0.519. The summed E-state index contributed by atoms with van der Waals surface area (Å²) in [6.45, 7) is 4.51. The minimum atomic E-state index is -3.66. The van der Waals surface area contributed by atoms with Gasteiger partial charge in [0.25, 0.3) is 0 Å². The smallest absolute Gasteiger partial charge is 0.243 e. The van der Waals surface area contributed by atoms with Crippen LogP contribution in [0.5, 0.6) is 0 Å². The molecule has 0 unspecified atom stereocenters. The van der Waals surface area contributed by atoms with Gasteiger partial charge in [-0.15, -0.1) is 0 Å². The third kappa shape index (κ3) is 5.38. The summed E-state index contributed by atoms with van der Waals surface area (Å²) in [5.74, 6) is 0.175. The standard InChI is InChI=1S/C13H18Cl2N2O2S2/c1-9(2)8-17(6-5-13(16)20)21(18,19)10-3-4-11(14)12(15)7-10/h3-4,7,9H,5-6,8H2,1-2H3,(H2,16,20). The molecular weight excluding hydrogens is 351 g/mol. The first-order chi connectivity index (χ1) is 9.64. The lowest BCUT2D eigenvalue weighted by molar-refractivity contribution is 0.374. The van der Waals surface area contributed by atoms with Crippen molar-refractivity contribution in [3.63, 3.8) is 0 Å². The predicted molar refractivity (Wildman–Crippen MR) is 91.5 cm³/mol. The second-order valence-electron chi connectivity index (χ2n) is 5.05. The molecule has 4 nitrogen and oxygen atoms in total. The molecule has 0 saturated heterocycles. The monoisotopic (exact) mass is 368 g/mol. The van der Waals surface area contributed by atoms with Crippen molar-refractivity contribution in [3.05, 3.63) is 28.2 Å². The van der Waals surface area contributed by atoms with Gasteiger partial charge in [-0.25, -0.2) is 8.42 Å². The van der Waals surface area contributed by atoms with Crippen LogP contribution in [0.25, 0.3) is 0 Å². The molecule has 8 heteroatoms. The van der Waals surface area contributed by atoms with E-state index in [0.717, 1.165) is 0 Å². The van der Waals surface area contributed by atoms with Crippen molar-refractivity contribution in [2.24, 2.45) is 11.7 Å². The van der Waals surface area contributed by atoms with Crippen molar-refractivity contribution in [2.45, 2.75) is 25.2 Å². The summed E-state index contributed by atoms with van der Waals surface area (Å²) >= 11 is 16.5. The van der Waals surface area contributed by atoms with Gasteiger partial charge in [0.05, 0.1) is 19.9 Å². The van der Waals surface area contributed by atoms with Crippen molar-refractivity contribution in [1.29, 1.82) is 0 Å². The van der Waals surface area contributed by atoms with Gasteiger partial charge in [-0.1, -0.05) is 49.3 Å². The summed E-state index contributed by atoms with van der Waals surface area (Å²) in [7, 11) is -3.66. The fraction of sp³-hybridized carbons (Fsp3) is 0.462. The van der Waals surface area contributed by atoms with Crippen LogP contribution in [0, 0.1) is 5.92 Å². The van der Waals surface area contributed by atoms with Gasteiger partial charge in [0.15, 0.2) is 0 Å². The van der Waals surface area contributed by atoms with Crippen molar-refractivity contribution in [2.75, 3.05) is 13.1 Å². The van der Waals surface area contributed by atoms with Gasteiger partial charge in [-0.2, -0.15) is 4.31 Å². The summed E-state index contributed by atoms with van der Waals surface area (Å²) in [6, 6.07) is 4.27. The number of nitrogens with two attached hydrogens (primary N) is 1. The molecule has 0 aromatic heterocycles. The van der Waals surface area contributed by atoms with Crippen molar-refractivity contribution < 1.29 is 8.42 Å². The van der Waals surface area contributed by atoms with Crippen molar-refractivity contribution >= 4 is 50.4 Å². The molecule has 0 heterocycles. The Morgan fingerprint density at radius 2 is 1.95 bits per heavy atom. The molecule has 0 fully saturated rings. The van der Waals surface area contributed by atoms with Gasteiger partial charge in [0.2, 0.25) is 10.0 Å². The zero-order valence-electron chi connectivity index (χ0n) is 11.8. The van der Waals surface area contributed by atoms with Gasteiger partial charge in [0.1, 0.15) is 0 Å². The zero-order valence-corrected chi connectivity index (χ0v) is 15.0. The van der Waals surface area contributed by atoms with Crippen LogP contribution in [0.2, 0.25) is 10.0 Å². The molecule has 118 valence electrons. The Morgan fingerprint density at radius 1 is 1.33 bits per heavy atom. The summed E-state index contributed by atoms with van der Waals surface area (Å²) in [5.41, 5.74) is 5.47. The minimum absolute atomic E-state index is 0.112.